The fraction of sp³-hybridized carbons (Fsp3) is 0.250. The molecule has 24 heavy (non-hydrogen) atoms. The van der Waals surface area contributed by atoms with Crippen molar-refractivity contribution in [3.05, 3.63) is 59.9 Å². The summed E-state index contributed by atoms with van der Waals surface area (Å²) in [5.41, 5.74) is 1.55. The van der Waals surface area contributed by atoms with E-state index in [1.165, 1.54) is 17.1 Å². The van der Waals surface area contributed by atoms with Crippen molar-refractivity contribution in [3.8, 4) is 0 Å². The van der Waals surface area contributed by atoms with Crippen LogP contribution in [0.3, 0.4) is 0 Å². The molecule has 0 atom stereocenters. The summed E-state index contributed by atoms with van der Waals surface area (Å²) in [6.07, 6.45) is 5.33. The lowest BCUT2D eigenvalue weighted by Crippen LogP contribution is -2.16. The van der Waals surface area contributed by atoms with E-state index >= 15 is 0 Å². The number of anilines is 1. The number of carbonyl (C=O) groups is 1. The Morgan fingerprint density at radius 1 is 1.29 bits per heavy atom. The van der Waals surface area contributed by atoms with E-state index in [9.17, 15) is 9.18 Å². The minimum Gasteiger partial charge on any atom is -0.293 e. The average molecular weight is 328 g/mol. The first-order chi connectivity index (χ1) is 11.6. The summed E-state index contributed by atoms with van der Waals surface area (Å²) in [4.78, 5) is 15.9. The van der Waals surface area contributed by atoms with E-state index in [1.807, 2.05) is 13.1 Å². The molecule has 0 saturated heterocycles. The first-order valence-electron chi connectivity index (χ1n) is 7.52. The molecule has 2 aromatic heterocycles. The Morgan fingerprint density at radius 2 is 2.12 bits per heavy atom. The predicted molar refractivity (Wildman–Crippen MR) is 85.7 cm³/mol. The van der Waals surface area contributed by atoms with Crippen LogP contribution in [0.15, 0.2) is 43.0 Å². The van der Waals surface area contributed by atoms with Crippen LogP contribution in [0, 0.1) is 12.7 Å². The third-order valence-corrected chi connectivity index (χ3v) is 3.41. The normalized spacial score (nSPS) is 10.8. The van der Waals surface area contributed by atoms with Crippen LogP contribution in [0.25, 0.3) is 0 Å². The van der Waals surface area contributed by atoms with Crippen LogP contribution < -0.4 is 5.32 Å². The molecular formula is C16H17FN6O. The number of aromatic nitrogens is 5. The summed E-state index contributed by atoms with van der Waals surface area (Å²) in [6, 6.07) is 6.47. The molecule has 1 amide bonds. The highest BCUT2D eigenvalue weighted by Gasteiger charge is 2.08. The molecule has 0 radical (unpaired) electrons. The van der Waals surface area contributed by atoms with E-state index in [0.29, 0.717) is 12.1 Å². The van der Waals surface area contributed by atoms with Gasteiger partial charge in [-0.25, -0.2) is 14.1 Å². The van der Waals surface area contributed by atoms with Crippen molar-refractivity contribution in [2.45, 2.75) is 26.4 Å². The van der Waals surface area contributed by atoms with Gasteiger partial charge in [-0.2, -0.15) is 5.10 Å². The molecule has 2 heterocycles. The summed E-state index contributed by atoms with van der Waals surface area (Å²) in [5, 5.41) is 10.9. The maximum absolute atomic E-state index is 13.6. The molecule has 3 rings (SSSR count). The van der Waals surface area contributed by atoms with Crippen LogP contribution in [-0.2, 0) is 17.9 Å². The van der Waals surface area contributed by atoms with Gasteiger partial charge in [-0.05, 0) is 18.6 Å². The standard InChI is InChI=1S/C16H17FN6O/c1-12-8-19-22(9-12)7-6-15(24)20-16-18-11-23(21-16)10-13-4-2-3-5-14(13)17/h2-5,8-9,11H,6-7,10H2,1H3,(H,20,21,24). The summed E-state index contributed by atoms with van der Waals surface area (Å²) in [5.74, 6) is -0.298. The van der Waals surface area contributed by atoms with E-state index in [0.717, 1.165) is 5.56 Å². The molecular weight excluding hydrogens is 311 g/mol. The number of nitrogens with zero attached hydrogens (tertiary/aromatic N) is 5. The third kappa shape index (κ3) is 4.03. The molecule has 1 aromatic carbocycles. The van der Waals surface area contributed by atoms with Gasteiger partial charge in [0.15, 0.2) is 0 Å². The Balaban J connectivity index is 1.53. The Labute approximate surface area is 138 Å². The molecule has 0 aliphatic heterocycles. The smallest absolute Gasteiger partial charge is 0.248 e. The van der Waals surface area contributed by atoms with Gasteiger partial charge in [-0.3, -0.25) is 14.8 Å². The summed E-state index contributed by atoms with van der Waals surface area (Å²) < 4.78 is 16.8. The molecule has 0 unspecified atom stereocenters. The van der Waals surface area contributed by atoms with Crippen LogP contribution >= 0.6 is 0 Å². The number of aryl methyl sites for hydroxylation is 2. The maximum Gasteiger partial charge on any atom is 0.248 e. The second-order valence-electron chi connectivity index (χ2n) is 5.44. The van der Waals surface area contributed by atoms with E-state index in [-0.39, 0.29) is 30.6 Å². The fourth-order valence-corrected chi connectivity index (χ4v) is 2.22. The highest BCUT2D eigenvalue weighted by molar-refractivity contribution is 5.88. The van der Waals surface area contributed by atoms with Crippen molar-refractivity contribution in [1.82, 2.24) is 24.5 Å². The van der Waals surface area contributed by atoms with E-state index in [1.54, 1.807) is 29.1 Å². The number of rotatable bonds is 6. The first kappa shape index (κ1) is 15.9. The molecule has 1 N–H and O–H groups in total. The third-order valence-electron chi connectivity index (χ3n) is 3.41. The van der Waals surface area contributed by atoms with Gasteiger partial charge in [-0.1, -0.05) is 18.2 Å². The predicted octanol–water partition coefficient (Wildman–Crippen LogP) is 2.00. The molecule has 0 aliphatic rings. The summed E-state index contributed by atoms with van der Waals surface area (Å²) >= 11 is 0. The molecule has 0 bridgehead atoms. The number of halogens is 1. The number of amides is 1. The van der Waals surface area contributed by atoms with Gasteiger partial charge in [0.05, 0.1) is 12.7 Å². The number of carbonyl (C=O) groups excluding carboxylic acids is 1. The number of nitrogens with one attached hydrogen (secondary N) is 1. The molecule has 0 aliphatic carbocycles. The van der Waals surface area contributed by atoms with Crippen molar-refractivity contribution in [2.75, 3.05) is 5.32 Å². The largest absolute Gasteiger partial charge is 0.293 e. The van der Waals surface area contributed by atoms with Crippen LogP contribution in [0.2, 0.25) is 0 Å². The molecule has 0 fully saturated rings. The molecule has 0 saturated carbocycles. The molecule has 8 heteroatoms. The van der Waals surface area contributed by atoms with Gasteiger partial charge < -0.3 is 0 Å². The van der Waals surface area contributed by atoms with Gasteiger partial charge >= 0.3 is 0 Å². The van der Waals surface area contributed by atoms with Gasteiger partial charge in [0, 0.05) is 24.7 Å². The van der Waals surface area contributed by atoms with Gasteiger partial charge in [0.25, 0.3) is 0 Å². The van der Waals surface area contributed by atoms with Crippen LogP contribution in [0.5, 0.6) is 0 Å². The van der Waals surface area contributed by atoms with Crippen molar-refractivity contribution >= 4 is 11.9 Å². The highest BCUT2D eigenvalue weighted by Crippen LogP contribution is 2.08. The molecule has 7 nitrogen and oxygen atoms in total. The minimum absolute atomic E-state index is 0.202. The van der Waals surface area contributed by atoms with Crippen LogP contribution in [0.4, 0.5) is 10.3 Å². The van der Waals surface area contributed by atoms with Crippen LogP contribution in [0.1, 0.15) is 17.5 Å². The van der Waals surface area contributed by atoms with Gasteiger partial charge in [0.1, 0.15) is 12.1 Å². The zero-order valence-corrected chi connectivity index (χ0v) is 13.2. The zero-order valence-electron chi connectivity index (χ0n) is 13.2. The SMILES string of the molecule is Cc1cnn(CCC(=O)Nc2ncn(Cc3ccccc3F)n2)c1. The Hall–Kier alpha value is -3.03. The van der Waals surface area contributed by atoms with E-state index in [2.05, 4.69) is 20.5 Å². The second-order valence-corrected chi connectivity index (χ2v) is 5.44. The molecule has 3 aromatic rings. The monoisotopic (exact) mass is 328 g/mol. The zero-order chi connectivity index (χ0) is 16.9. The topological polar surface area (TPSA) is 77.6 Å². The van der Waals surface area contributed by atoms with Crippen molar-refractivity contribution in [2.24, 2.45) is 0 Å². The van der Waals surface area contributed by atoms with Gasteiger partial charge in [-0.15, -0.1) is 5.10 Å². The summed E-state index contributed by atoms with van der Waals surface area (Å²) in [6.45, 7) is 2.67. The lowest BCUT2D eigenvalue weighted by Gasteiger charge is -2.03. The lowest BCUT2D eigenvalue weighted by molar-refractivity contribution is -0.116. The Kier molecular flexibility index (Phi) is 4.64. The maximum atomic E-state index is 13.6. The number of benzene rings is 1. The van der Waals surface area contributed by atoms with Crippen molar-refractivity contribution in [1.29, 1.82) is 0 Å². The second kappa shape index (κ2) is 7.03. The summed E-state index contributed by atoms with van der Waals surface area (Å²) in [7, 11) is 0. The number of hydrogen-bond donors (Lipinski definition) is 1. The van der Waals surface area contributed by atoms with Crippen molar-refractivity contribution in [3.63, 3.8) is 0 Å². The quantitative estimate of drug-likeness (QED) is 0.751. The number of hydrogen-bond acceptors (Lipinski definition) is 4. The highest BCUT2D eigenvalue weighted by atomic mass is 19.1. The van der Waals surface area contributed by atoms with Gasteiger partial charge in [0.2, 0.25) is 11.9 Å². The Morgan fingerprint density at radius 3 is 2.88 bits per heavy atom. The average Bonchev–Trinajstić information content (AvgIpc) is 3.17. The first-order valence-corrected chi connectivity index (χ1v) is 7.52. The Bertz CT molecular complexity index is 840. The fourth-order valence-electron chi connectivity index (χ4n) is 2.22. The lowest BCUT2D eigenvalue weighted by atomic mass is 10.2. The molecule has 0 spiro atoms. The van der Waals surface area contributed by atoms with Crippen LogP contribution in [-0.4, -0.2) is 30.5 Å². The van der Waals surface area contributed by atoms with E-state index < -0.39 is 0 Å². The van der Waals surface area contributed by atoms with E-state index in [4.69, 9.17) is 0 Å². The molecule has 124 valence electrons. The van der Waals surface area contributed by atoms with Crippen molar-refractivity contribution < 1.29 is 9.18 Å². The minimum atomic E-state index is -0.298.